The largest absolute Gasteiger partial charge is 0.497 e. The van der Waals surface area contributed by atoms with Crippen LogP contribution in [-0.2, 0) is 6.54 Å². The van der Waals surface area contributed by atoms with Crippen molar-refractivity contribution in [3.63, 3.8) is 0 Å². The lowest BCUT2D eigenvalue weighted by Crippen LogP contribution is -2.17. The molecule has 0 bridgehead atoms. The van der Waals surface area contributed by atoms with Crippen LogP contribution in [0.4, 0.5) is 11.4 Å². The molecular weight excluding hydrogens is 264 g/mol. The minimum absolute atomic E-state index is 0.750. The highest BCUT2D eigenvalue weighted by Crippen LogP contribution is 2.28. The molecule has 0 spiro atoms. The van der Waals surface area contributed by atoms with Gasteiger partial charge in [0, 0.05) is 19.0 Å². The van der Waals surface area contributed by atoms with Crippen molar-refractivity contribution in [3.8, 4) is 5.75 Å². The number of rotatable bonds is 4. The number of benzene rings is 2. The molecular formula is C16H18N4O. The topological polar surface area (TPSA) is 67.2 Å². The zero-order chi connectivity index (χ0) is 14.8. The fourth-order valence-electron chi connectivity index (χ4n) is 2.42. The predicted molar refractivity (Wildman–Crippen MR) is 85.6 cm³/mol. The van der Waals surface area contributed by atoms with Crippen molar-refractivity contribution in [2.24, 2.45) is 0 Å². The van der Waals surface area contributed by atoms with Crippen LogP contribution in [0.5, 0.6) is 5.75 Å². The van der Waals surface area contributed by atoms with E-state index in [1.54, 1.807) is 13.3 Å². The molecule has 1 aromatic heterocycles. The summed E-state index contributed by atoms with van der Waals surface area (Å²) in [4.78, 5) is 2.12. The monoisotopic (exact) mass is 282 g/mol. The molecule has 0 unspecified atom stereocenters. The van der Waals surface area contributed by atoms with Crippen molar-refractivity contribution in [2.45, 2.75) is 6.54 Å². The second kappa shape index (κ2) is 5.36. The fourth-order valence-corrected chi connectivity index (χ4v) is 2.42. The first-order valence-electron chi connectivity index (χ1n) is 6.74. The van der Waals surface area contributed by atoms with Crippen molar-refractivity contribution >= 4 is 22.3 Å². The summed E-state index contributed by atoms with van der Waals surface area (Å²) >= 11 is 0. The van der Waals surface area contributed by atoms with Crippen LogP contribution in [0, 0.1) is 0 Å². The van der Waals surface area contributed by atoms with Gasteiger partial charge in [0.25, 0.3) is 0 Å². The quantitative estimate of drug-likeness (QED) is 0.722. The molecule has 0 aliphatic carbocycles. The van der Waals surface area contributed by atoms with Crippen molar-refractivity contribution in [2.75, 3.05) is 24.8 Å². The van der Waals surface area contributed by atoms with Crippen LogP contribution in [-0.4, -0.2) is 24.4 Å². The number of fused-ring (bicyclic) bond motifs is 1. The van der Waals surface area contributed by atoms with Gasteiger partial charge in [-0.3, -0.25) is 5.10 Å². The zero-order valence-corrected chi connectivity index (χ0v) is 12.1. The van der Waals surface area contributed by atoms with E-state index in [1.165, 1.54) is 5.56 Å². The number of nitrogens with two attached hydrogens (primary N) is 1. The number of nitrogens with one attached hydrogen (secondary N) is 1. The third kappa shape index (κ3) is 2.63. The third-order valence-corrected chi connectivity index (χ3v) is 3.58. The average Bonchev–Trinajstić information content (AvgIpc) is 2.94. The highest BCUT2D eigenvalue weighted by molar-refractivity contribution is 5.88. The summed E-state index contributed by atoms with van der Waals surface area (Å²) in [5.74, 6) is 0.861. The van der Waals surface area contributed by atoms with Gasteiger partial charge in [-0.2, -0.15) is 5.10 Å². The van der Waals surface area contributed by atoms with E-state index in [1.807, 2.05) is 31.3 Å². The van der Waals surface area contributed by atoms with Crippen molar-refractivity contribution in [3.05, 3.63) is 48.2 Å². The molecule has 0 aliphatic heterocycles. The first kappa shape index (κ1) is 13.3. The highest BCUT2D eigenvalue weighted by Gasteiger charge is 2.09. The van der Waals surface area contributed by atoms with Gasteiger partial charge in [0.05, 0.1) is 30.2 Å². The van der Waals surface area contributed by atoms with Gasteiger partial charge in [-0.25, -0.2) is 0 Å². The van der Waals surface area contributed by atoms with Gasteiger partial charge in [-0.15, -0.1) is 0 Å². The summed E-state index contributed by atoms with van der Waals surface area (Å²) < 4.78 is 5.17. The number of nitrogens with zero attached hydrogens (tertiary/aromatic N) is 2. The molecule has 0 atom stereocenters. The summed E-state index contributed by atoms with van der Waals surface area (Å²) in [5.41, 5.74) is 10.1. The maximum atomic E-state index is 6.14. The molecule has 3 aromatic rings. The summed E-state index contributed by atoms with van der Waals surface area (Å²) in [6.07, 6.45) is 1.78. The van der Waals surface area contributed by atoms with E-state index >= 15 is 0 Å². The molecule has 0 fully saturated rings. The Morgan fingerprint density at radius 1 is 1.24 bits per heavy atom. The summed E-state index contributed by atoms with van der Waals surface area (Å²) in [6, 6.07) is 12.0. The van der Waals surface area contributed by atoms with Crippen molar-refractivity contribution in [1.29, 1.82) is 0 Å². The summed E-state index contributed by atoms with van der Waals surface area (Å²) in [6.45, 7) is 0.772. The minimum Gasteiger partial charge on any atom is -0.497 e. The second-order valence-electron chi connectivity index (χ2n) is 5.07. The molecule has 0 radical (unpaired) electrons. The smallest absolute Gasteiger partial charge is 0.118 e. The number of anilines is 2. The molecule has 21 heavy (non-hydrogen) atoms. The summed E-state index contributed by atoms with van der Waals surface area (Å²) in [7, 11) is 3.69. The van der Waals surface area contributed by atoms with E-state index < -0.39 is 0 Å². The molecule has 2 aromatic carbocycles. The number of aromatic nitrogens is 2. The number of methoxy groups -OCH3 is 1. The molecule has 108 valence electrons. The van der Waals surface area contributed by atoms with E-state index in [0.29, 0.717) is 0 Å². The Morgan fingerprint density at radius 2 is 2.00 bits per heavy atom. The standard InChI is InChI=1S/C16H18N4O/c1-20(10-11-3-5-13(21-2)6-4-11)16-8-15-12(7-14(16)17)9-18-19-15/h3-9H,10,17H2,1-2H3,(H,18,19). The van der Waals surface area contributed by atoms with Gasteiger partial charge in [0.1, 0.15) is 5.75 Å². The normalized spacial score (nSPS) is 10.8. The first-order chi connectivity index (χ1) is 10.2. The lowest BCUT2D eigenvalue weighted by molar-refractivity contribution is 0.414. The van der Waals surface area contributed by atoms with Gasteiger partial charge in [-0.05, 0) is 29.8 Å². The number of nitrogen functional groups attached to an aromatic ring is 1. The van der Waals surface area contributed by atoms with Gasteiger partial charge in [0.15, 0.2) is 0 Å². The van der Waals surface area contributed by atoms with Crippen molar-refractivity contribution < 1.29 is 4.74 Å². The van der Waals surface area contributed by atoms with Crippen LogP contribution in [0.2, 0.25) is 0 Å². The molecule has 0 amide bonds. The Kier molecular flexibility index (Phi) is 3.39. The van der Waals surface area contributed by atoms with E-state index in [-0.39, 0.29) is 0 Å². The highest BCUT2D eigenvalue weighted by atomic mass is 16.5. The van der Waals surface area contributed by atoms with Gasteiger partial charge in [-0.1, -0.05) is 12.1 Å². The molecule has 0 saturated heterocycles. The molecule has 5 heteroatoms. The minimum atomic E-state index is 0.750. The van der Waals surface area contributed by atoms with Crippen molar-refractivity contribution in [1.82, 2.24) is 10.2 Å². The van der Waals surface area contributed by atoms with E-state index in [0.717, 1.165) is 34.6 Å². The SMILES string of the molecule is COc1ccc(CN(C)c2cc3[nH]ncc3cc2N)cc1. The maximum absolute atomic E-state index is 6.14. The molecule has 1 heterocycles. The second-order valence-corrected chi connectivity index (χ2v) is 5.07. The van der Waals surface area contributed by atoms with Gasteiger partial charge in [0.2, 0.25) is 0 Å². The van der Waals surface area contributed by atoms with Gasteiger partial charge < -0.3 is 15.4 Å². The van der Waals surface area contributed by atoms with E-state index in [2.05, 4.69) is 27.2 Å². The number of ether oxygens (including phenoxy) is 1. The average molecular weight is 282 g/mol. The molecule has 0 aliphatic rings. The predicted octanol–water partition coefficient (Wildman–Crippen LogP) is 2.79. The van der Waals surface area contributed by atoms with Crippen LogP contribution in [0.15, 0.2) is 42.6 Å². The summed E-state index contributed by atoms with van der Waals surface area (Å²) in [5, 5.41) is 8.03. The molecule has 3 N–H and O–H groups in total. The Morgan fingerprint density at radius 3 is 2.71 bits per heavy atom. The maximum Gasteiger partial charge on any atom is 0.118 e. The van der Waals surface area contributed by atoms with E-state index in [9.17, 15) is 0 Å². The van der Waals surface area contributed by atoms with Crippen LogP contribution >= 0.6 is 0 Å². The number of hydrogen-bond donors (Lipinski definition) is 2. The van der Waals surface area contributed by atoms with Crippen LogP contribution < -0.4 is 15.4 Å². The molecule has 0 saturated carbocycles. The van der Waals surface area contributed by atoms with Crippen LogP contribution in [0.1, 0.15) is 5.56 Å². The first-order valence-corrected chi connectivity index (χ1v) is 6.74. The Bertz CT molecular complexity index is 749. The molecule has 5 nitrogen and oxygen atoms in total. The number of H-pyrrole nitrogens is 1. The molecule has 3 rings (SSSR count). The Labute approximate surface area is 123 Å². The lowest BCUT2D eigenvalue weighted by atomic mass is 10.1. The van der Waals surface area contributed by atoms with Crippen LogP contribution in [0.3, 0.4) is 0 Å². The van der Waals surface area contributed by atoms with E-state index in [4.69, 9.17) is 10.5 Å². The zero-order valence-electron chi connectivity index (χ0n) is 12.1. The lowest BCUT2D eigenvalue weighted by Gasteiger charge is -2.21. The van der Waals surface area contributed by atoms with Crippen LogP contribution in [0.25, 0.3) is 10.9 Å². The Hall–Kier alpha value is -2.69. The number of aromatic amines is 1. The number of hydrogen-bond acceptors (Lipinski definition) is 4. The third-order valence-electron chi connectivity index (χ3n) is 3.58. The van der Waals surface area contributed by atoms with Gasteiger partial charge >= 0.3 is 0 Å². The fraction of sp³-hybridized carbons (Fsp3) is 0.188. The Balaban J connectivity index is 1.85.